The van der Waals surface area contributed by atoms with Crippen molar-refractivity contribution in [3.05, 3.63) is 29.8 Å². The van der Waals surface area contributed by atoms with Crippen LogP contribution in [0, 0.1) is 5.92 Å². The Bertz CT molecular complexity index is 603. The van der Waals surface area contributed by atoms with Crippen LogP contribution >= 0.6 is 0 Å². The van der Waals surface area contributed by atoms with Crippen molar-refractivity contribution in [1.29, 1.82) is 0 Å². The molecule has 0 radical (unpaired) electrons. The number of likely N-dealkylation sites (N-methyl/N-ethyl adjacent to an activating group) is 1. The van der Waals surface area contributed by atoms with Gasteiger partial charge in [-0.2, -0.15) is 0 Å². The fraction of sp³-hybridized carbons (Fsp3) is 0.600. The van der Waals surface area contributed by atoms with Crippen LogP contribution in [-0.4, -0.2) is 18.7 Å². The van der Waals surface area contributed by atoms with Crippen molar-refractivity contribution < 1.29 is 9.59 Å². The van der Waals surface area contributed by atoms with Crippen molar-refractivity contribution in [1.82, 2.24) is 0 Å². The van der Waals surface area contributed by atoms with Gasteiger partial charge in [-0.25, -0.2) is 0 Å². The molecule has 0 spiro atoms. The first-order valence-corrected chi connectivity index (χ1v) is 8.94. The highest BCUT2D eigenvalue weighted by Crippen LogP contribution is 2.43. The zero-order chi connectivity index (χ0) is 16.4. The Morgan fingerprint density at radius 1 is 1.22 bits per heavy atom. The van der Waals surface area contributed by atoms with Crippen LogP contribution in [0.25, 0.3) is 0 Å². The quantitative estimate of drug-likeness (QED) is 0.815. The summed E-state index contributed by atoms with van der Waals surface area (Å²) in [7, 11) is 1.85. The molecular weight excluding hydrogens is 286 g/mol. The summed E-state index contributed by atoms with van der Waals surface area (Å²) in [6.07, 6.45) is 8.00. The predicted octanol–water partition coefficient (Wildman–Crippen LogP) is 4.24. The Labute approximate surface area is 139 Å². The van der Waals surface area contributed by atoms with Gasteiger partial charge in [0.25, 0.3) is 0 Å². The first-order chi connectivity index (χ1) is 11.0. The molecule has 1 atom stereocenters. The molecule has 1 aromatic carbocycles. The van der Waals surface area contributed by atoms with Crippen molar-refractivity contribution in [2.45, 2.75) is 63.7 Å². The molecule has 1 aliphatic carbocycles. The van der Waals surface area contributed by atoms with Crippen LogP contribution in [0.2, 0.25) is 0 Å². The Kier molecular flexibility index (Phi) is 4.56. The number of hydrogen-bond donors (Lipinski definition) is 0. The van der Waals surface area contributed by atoms with Crippen LogP contribution in [0.15, 0.2) is 24.3 Å². The third-order valence-corrected chi connectivity index (χ3v) is 5.80. The summed E-state index contributed by atoms with van der Waals surface area (Å²) >= 11 is 0. The highest BCUT2D eigenvalue weighted by molar-refractivity contribution is 6.07. The lowest BCUT2D eigenvalue weighted by Gasteiger charge is -2.24. The van der Waals surface area contributed by atoms with Crippen molar-refractivity contribution >= 4 is 17.4 Å². The van der Waals surface area contributed by atoms with Crippen LogP contribution in [-0.2, 0) is 15.0 Å². The maximum absolute atomic E-state index is 12.7. The van der Waals surface area contributed by atoms with Gasteiger partial charge < -0.3 is 4.90 Å². The van der Waals surface area contributed by atoms with E-state index in [2.05, 4.69) is 6.07 Å². The van der Waals surface area contributed by atoms with Crippen LogP contribution in [0.5, 0.6) is 0 Å². The maximum Gasteiger partial charge on any atom is 0.237 e. The fourth-order valence-corrected chi connectivity index (χ4v) is 4.31. The number of carbonyl (C=O) groups is 2. The number of Topliss-reactive ketones (excluding diaryl/α,β-unsaturated/α-hetero) is 1. The van der Waals surface area contributed by atoms with Gasteiger partial charge >= 0.3 is 0 Å². The summed E-state index contributed by atoms with van der Waals surface area (Å²) in [5.41, 5.74) is 1.65. The third-order valence-electron chi connectivity index (χ3n) is 5.80. The number of carbonyl (C=O) groups excluding carboxylic acids is 2. The van der Waals surface area contributed by atoms with Crippen molar-refractivity contribution in [2.75, 3.05) is 11.9 Å². The molecular formula is C20H27NO2. The lowest BCUT2D eigenvalue weighted by atomic mass is 9.78. The molecule has 1 saturated carbocycles. The van der Waals surface area contributed by atoms with Crippen LogP contribution in [0.4, 0.5) is 5.69 Å². The molecule has 23 heavy (non-hydrogen) atoms. The Morgan fingerprint density at radius 2 is 1.91 bits per heavy atom. The van der Waals surface area contributed by atoms with Crippen LogP contribution < -0.4 is 4.90 Å². The number of fused-ring (bicyclic) bond motifs is 1. The summed E-state index contributed by atoms with van der Waals surface area (Å²) in [5, 5.41) is 0. The Hall–Kier alpha value is -1.64. The van der Waals surface area contributed by atoms with Crippen LogP contribution in [0.3, 0.4) is 0 Å². The molecule has 3 nitrogen and oxygen atoms in total. The number of anilines is 1. The number of para-hydroxylation sites is 1. The molecule has 0 bridgehead atoms. The first kappa shape index (κ1) is 16.2. The largest absolute Gasteiger partial charge is 0.314 e. The van der Waals surface area contributed by atoms with E-state index in [9.17, 15) is 9.59 Å². The van der Waals surface area contributed by atoms with E-state index in [-0.39, 0.29) is 11.8 Å². The van der Waals surface area contributed by atoms with E-state index in [0.29, 0.717) is 12.2 Å². The zero-order valence-electron chi connectivity index (χ0n) is 14.3. The minimum Gasteiger partial charge on any atom is -0.314 e. The van der Waals surface area contributed by atoms with Gasteiger partial charge in [-0.1, -0.05) is 37.5 Å². The number of amides is 1. The molecule has 3 rings (SSSR count). The highest BCUT2D eigenvalue weighted by atomic mass is 16.2. The van der Waals surface area contributed by atoms with Gasteiger partial charge in [0.2, 0.25) is 5.91 Å². The second-order valence-corrected chi connectivity index (χ2v) is 7.37. The molecule has 3 heteroatoms. The average molecular weight is 313 g/mol. The Balaban J connectivity index is 1.63. The normalized spacial score (nSPS) is 24.8. The van der Waals surface area contributed by atoms with E-state index in [0.717, 1.165) is 36.9 Å². The number of rotatable bonds is 5. The van der Waals surface area contributed by atoms with E-state index in [4.69, 9.17) is 0 Å². The van der Waals surface area contributed by atoms with Crippen molar-refractivity contribution in [2.24, 2.45) is 5.92 Å². The molecule has 0 saturated heterocycles. The molecule has 1 unspecified atom stereocenters. The standard InChI is InChI=1S/C20H27NO2/c1-20(14-8-13-18(22)15-9-4-3-5-10-15)16-11-6-7-12-17(16)21(2)19(20)23/h6-7,11-12,15H,3-5,8-10,13-14H2,1-2H3. The van der Waals surface area contributed by atoms with E-state index in [1.807, 2.05) is 32.2 Å². The van der Waals surface area contributed by atoms with Gasteiger partial charge in [-0.3, -0.25) is 9.59 Å². The van der Waals surface area contributed by atoms with Crippen molar-refractivity contribution in [3.63, 3.8) is 0 Å². The highest BCUT2D eigenvalue weighted by Gasteiger charge is 2.45. The fourth-order valence-electron chi connectivity index (χ4n) is 4.31. The van der Waals surface area contributed by atoms with E-state index < -0.39 is 5.41 Å². The summed E-state index contributed by atoms with van der Waals surface area (Å²) in [6.45, 7) is 2.03. The van der Waals surface area contributed by atoms with Gasteiger partial charge in [-0.15, -0.1) is 0 Å². The van der Waals surface area contributed by atoms with Gasteiger partial charge in [-0.05, 0) is 44.2 Å². The van der Waals surface area contributed by atoms with Crippen molar-refractivity contribution in [3.8, 4) is 0 Å². The summed E-state index contributed by atoms with van der Waals surface area (Å²) in [4.78, 5) is 26.8. The molecule has 0 aromatic heterocycles. The topological polar surface area (TPSA) is 37.4 Å². The first-order valence-electron chi connectivity index (χ1n) is 8.94. The average Bonchev–Trinajstić information content (AvgIpc) is 2.78. The van der Waals surface area contributed by atoms with Gasteiger partial charge in [0.15, 0.2) is 0 Å². The minimum absolute atomic E-state index is 0.156. The summed E-state index contributed by atoms with van der Waals surface area (Å²) in [5.74, 6) is 0.856. The number of nitrogens with zero attached hydrogens (tertiary/aromatic N) is 1. The Morgan fingerprint density at radius 3 is 2.65 bits per heavy atom. The number of benzene rings is 1. The molecule has 0 N–H and O–H groups in total. The molecule has 1 aromatic rings. The molecule has 1 fully saturated rings. The second kappa shape index (κ2) is 6.46. The number of hydrogen-bond acceptors (Lipinski definition) is 2. The van der Waals surface area contributed by atoms with Gasteiger partial charge in [0.1, 0.15) is 5.78 Å². The lowest BCUT2D eigenvalue weighted by molar-refractivity contribution is -0.125. The smallest absolute Gasteiger partial charge is 0.237 e. The predicted molar refractivity (Wildman–Crippen MR) is 92.6 cm³/mol. The minimum atomic E-state index is -0.474. The van der Waals surface area contributed by atoms with E-state index in [1.54, 1.807) is 4.90 Å². The lowest BCUT2D eigenvalue weighted by Crippen LogP contribution is -2.36. The monoisotopic (exact) mass is 313 g/mol. The van der Waals surface area contributed by atoms with E-state index in [1.165, 1.54) is 19.3 Å². The SMILES string of the molecule is CN1C(=O)C(C)(CCCC(=O)C2CCCCC2)c2ccccc21. The summed E-state index contributed by atoms with van der Waals surface area (Å²) < 4.78 is 0. The molecule has 2 aliphatic rings. The maximum atomic E-state index is 12.7. The van der Waals surface area contributed by atoms with Crippen LogP contribution in [0.1, 0.15) is 63.9 Å². The molecule has 1 aliphatic heterocycles. The zero-order valence-corrected chi connectivity index (χ0v) is 14.3. The second-order valence-electron chi connectivity index (χ2n) is 7.37. The third kappa shape index (κ3) is 2.93. The number of ketones is 1. The van der Waals surface area contributed by atoms with Gasteiger partial charge in [0, 0.05) is 25.1 Å². The summed E-state index contributed by atoms with van der Waals surface area (Å²) in [6, 6.07) is 8.03. The van der Waals surface area contributed by atoms with E-state index >= 15 is 0 Å². The molecule has 1 heterocycles. The van der Waals surface area contributed by atoms with Gasteiger partial charge in [0.05, 0.1) is 5.41 Å². The molecule has 124 valence electrons. The molecule has 1 amide bonds.